The number of nitrogens with zero attached hydrogens (tertiary/aromatic N) is 2. The molecule has 0 aliphatic carbocycles. The van der Waals surface area contributed by atoms with Crippen LogP contribution in [0.5, 0.6) is 0 Å². The maximum Gasteiger partial charge on any atom is 0.240 e. The number of pyridine rings is 1. The Balaban J connectivity index is 2.32. The summed E-state index contributed by atoms with van der Waals surface area (Å²) in [5, 5.41) is 4.08. The van der Waals surface area contributed by atoms with Crippen molar-refractivity contribution in [2.75, 3.05) is 0 Å². The molecule has 18 heavy (non-hydrogen) atoms. The Morgan fingerprint density at radius 1 is 1.28 bits per heavy atom. The summed E-state index contributed by atoms with van der Waals surface area (Å²) in [6, 6.07) is 3.73. The van der Waals surface area contributed by atoms with Gasteiger partial charge in [-0.2, -0.15) is 5.10 Å². The van der Waals surface area contributed by atoms with Crippen LogP contribution in [-0.4, -0.2) is 16.6 Å². The number of unbranched alkanes of at least 4 members (excludes halogenated alkanes) is 3. The summed E-state index contributed by atoms with van der Waals surface area (Å²) >= 11 is 0. The zero-order valence-corrected chi connectivity index (χ0v) is 11.1. The zero-order valence-electron chi connectivity index (χ0n) is 11.1. The first kappa shape index (κ1) is 14.4. The van der Waals surface area contributed by atoms with Gasteiger partial charge in [0.05, 0.1) is 5.71 Å². The quantitative estimate of drug-likeness (QED) is 0.457. The topological polar surface area (TPSA) is 54.4 Å². The molecule has 0 saturated heterocycles. The monoisotopic (exact) mass is 247 g/mol. The largest absolute Gasteiger partial charge is 0.273 e. The van der Waals surface area contributed by atoms with Crippen LogP contribution in [0.2, 0.25) is 0 Å². The molecule has 0 aromatic carbocycles. The minimum atomic E-state index is -0.0143. The van der Waals surface area contributed by atoms with E-state index in [1.807, 2.05) is 19.1 Å². The van der Waals surface area contributed by atoms with Gasteiger partial charge in [0.15, 0.2) is 0 Å². The lowest BCUT2D eigenvalue weighted by Gasteiger charge is -2.02. The lowest BCUT2D eigenvalue weighted by Crippen LogP contribution is -2.18. The van der Waals surface area contributed by atoms with Crippen molar-refractivity contribution < 1.29 is 4.79 Å². The van der Waals surface area contributed by atoms with Crippen LogP contribution in [0.15, 0.2) is 29.6 Å². The minimum Gasteiger partial charge on any atom is -0.273 e. The molecule has 1 amide bonds. The van der Waals surface area contributed by atoms with E-state index in [0.29, 0.717) is 6.42 Å². The third-order valence-electron chi connectivity index (χ3n) is 2.70. The molecule has 1 N–H and O–H groups in total. The molecule has 4 heteroatoms. The van der Waals surface area contributed by atoms with Crippen molar-refractivity contribution >= 4 is 11.6 Å². The number of hydrazone groups is 1. The van der Waals surface area contributed by atoms with Gasteiger partial charge in [0, 0.05) is 24.4 Å². The highest BCUT2D eigenvalue weighted by Gasteiger charge is 2.00. The zero-order chi connectivity index (χ0) is 13.2. The van der Waals surface area contributed by atoms with Crippen LogP contribution in [0.4, 0.5) is 0 Å². The fourth-order valence-electron chi connectivity index (χ4n) is 1.57. The highest BCUT2D eigenvalue weighted by molar-refractivity contribution is 5.99. The molecule has 0 unspecified atom stereocenters. The number of hydrogen-bond donors (Lipinski definition) is 1. The Morgan fingerprint density at radius 3 is 2.67 bits per heavy atom. The lowest BCUT2D eigenvalue weighted by atomic mass is 10.1. The van der Waals surface area contributed by atoms with Gasteiger partial charge in [-0.1, -0.05) is 26.2 Å². The fraction of sp³-hybridized carbons (Fsp3) is 0.500. The van der Waals surface area contributed by atoms with Gasteiger partial charge in [0.2, 0.25) is 5.91 Å². The van der Waals surface area contributed by atoms with Gasteiger partial charge >= 0.3 is 0 Å². The van der Waals surface area contributed by atoms with Crippen LogP contribution in [0, 0.1) is 0 Å². The summed E-state index contributed by atoms with van der Waals surface area (Å²) in [6.07, 6.45) is 8.38. The number of hydrogen-bond acceptors (Lipinski definition) is 3. The van der Waals surface area contributed by atoms with Gasteiger partial charge in [-0.15, -0.1) is 0 Å². The minimum absolute atomic E-state index is 0.0143. The van der Waals surface area contributed by atoms with Gasteiger partial charge in [-0.25, -0.2) is 5.43 Å². The van der Waals surface area contributed by atoms with Gasteiger partial charge < -0.3 is 0 Å². The molecule has 0 atom stereocenters. The van der Waals surface area contributed by atoms with Crippen molar-refractivity contribution in [2.45, 2.75) is 46.0 Å². The Hall–Kier alpha value is -1.71. The normalized spacial score (nSPS) is 11.3. The van der Waals surface area contributed by atoms with Crippen LogP contribution >= 0.6 is 0 Å². The highest BCUT2D eigenvalue weighted by Crippen LogP contribution is 2.02. The molecule has 0 aliphatic heterocycles. The van der Waals surface area contributed by atoms with Gasteiger partial charge in [-0.3, -0.25) is 9.78 Å². The van der Waals surface area contributed by atoms with E-state index in [2.05, 4.69) is 22.4 Å². The van der Waals surface area contributed by atoms with E-state index in [1.54, 1.807) is 12.4 Å². The summed E-state index contributed by atoms with van der Waals surface area (Å²) < 4.78 is 0. The number of carbonyl (C=O) groups is 1. The smallest absolute Gasteiger partial charge is 0.240 e. The van der Waals surface area contributed by atoms with Crippen molar-refractivity contribution in [2.24, 2.45) is 5.10 Å². The Bertz CT molecular complexity index is 387. The maximum absolute atomic E-state index is 11.5. The molecule has 0 aliphatic rings. The summed E-state index contributed by atoms with van der Waals surface area (Å²) in [5.41, 5.74) is 4.35. The van der Waals surface area contributed by atoms with E-state index in [0.717, 1.165) is 24.1 Å². The Kier molecular flexibility index (Phi) is 6.69. The van der Waals surface area contributed by atoms with E-state index in [9.17, 15) is 4.79 Å². The first-order valence-electron chi connectivity index (χ1n) is 6.47. The number of carbonyl (C=O) groups excluding carboxylic acids is 1. The second-order valence-electron chi connectivity index (χ2n) is 4.28. The molecule has 0 fully saturated rings. The first-order chi connectivity index (χ1) is 8.74. The number of amides is 1. The van der Waals surface area contributed by atoms with Gasteiger partial charge in [-0.05, 0) is 25.5 Å². The molecule has 0 bridgehead atoms. The first-order valence-corrected chi connectivity index (χ1v) is 6.47. The van der Waals surface area contributed by atoms with Crippen molar-refractivity contribution in [3.8, 4) is 0 Å². The summed E-state index contributed by atoms with van der Waals surface area (Å²) in [5.74, 6) is -0.0143. The summed E-state index contributed by atoms with van der Waals surface area (Å²) in [7, 11) is 0. The van der Waals surface area contributed by atoms with Crippen LogP contribution in [0.25, 0.3) is 0 Å². The molecule has 0 spiro atoms. The number of nitrogens with one attached hydrogen (secondary N) is 1. The molecule has 1 aromatic heterocycles. The average molecular weight is 247 g/mol. The van der Waals surface area contributed by atoms with E-state index < -0.39 is 0 Å². The maximum atomic E-state index is 11.5. The Labute approximate surface area is 109 Å². The molecule has 98 valence electrons. The molecule has 1 aromatic rings. The predicted molar refractivity (Wildman–Crippen MR) is 73.3 cm³/mol. The van der Waals surface area contributed by atoms with Crippen LogP contribution < -0.4 is 5.43 Å². The molecule has 1 rings (SSSR count). The van der Waals surface area contributed by atoms with Crippen molar-refractivity contribution in [3.63, 3.8) is 0 Å². The van der Waals surface area contributed by atoms with E-state index in [-0.39, 0.29) is 5.91 Å². The number of rotatable bonds is 7. The van der Waals surface area contributed by atoms with E-state index in [1.165, 1.54) is 12.8 Å². The second-order valence-corrected chi connectivity index (χ2v) is 4.28. The van der Waals surface area contributed by atoms with Crippen LogP contribution in [-0.2, 0) is 4.79 Å². The predicted octanol–water partition coefficient (Wildman–Crippen LogP) is 2.89. The number of aromatic nitrogens is 1. The van der Waals surface area contributed by atoms with Crippen LogP contribution in [0.3, 0.4) is 0 Å². The van der Waals surface area contributed by atoms with Crippen LogP contribution in [0.1, 0.15) is 51.5 Å². The summed E-state index contributed by atoms with van der Waals surface area (Å²) in [6.45, 7) is 4.02. The molecule has 4 nitrogen and oxygen atoms in total. The average Bonchev–Trinajstić information content (AvgIpc) is 2.42. The van der Waals surface area contributed by atoms with Gasteiger partial charge in [0.1, 0.15) is 0 Å². The summed E-state index contributed by atoms with van der Waals surface area (Å²) in [4.78, 5) is 15.5. The van der Waals surface area contributed by atoms with Crippen molar-refractivity contribution in [1.29, 1.82) is 0 Å². The third-order valence-corrected chi connectivity index (χ3v) is 2.70. The second kappa shape index (κ2) is 8.39. The molecule has 1 heterocycles. The Morgan fingerprint density at radius 2 is 2.00 bits per heavy atom. The third kappa shape index (κ3) is 5.57. The molecular weight excluding hydrogens is 226 g/mol. The van der Waals surface area contributed by atoms with E-state index in [4.69, 9.17) is 0 Å². The van der Waals surface area contributed by atoms with E-state index >= 15 is 0 Å². The molecule has 0 saturated carbocycles. The van der Waals surface area contributed by atoms with Crippen molar-refractivity contribution in [1.82, 2.24) is 10.4 Å². The standard InChI is InChI=1S/C14H21N3O/c1-3-4-5-6-7-14(18)17-16-12(2)13-8-10-15-11-9-13/h8-11H,3-7H2,1-2H3,(H,17,18). The van der Waals surface area contributed by atoms with Crippen molar-refractivity contribution in [3.05, 3.63) is 30.1 Å². The highest BCUT2D eigenvalue weighted by atomic mass is 16.2. The lowest BCUT2D eigenvalue weighted by molar-refractivity contribution is -0.121. The SMILES string of the molecule is CCCCCCC(=O)NN=C(C)c1ccncc1. The fourth-order valence-corrected chi connectivity index (χ4v) is 1.57. The molecular formula is C14H21N3O. The van der Waals surface area contributed by atoms with Gasteiger partial charge in [0.25, 0.3) is 0 Å². The molecule has 0 radical (unpaired) electrons.